The summed E-state index contributed by atoms with van der Waals surface area (Å²) in [7, 11) is 1.56. The normalized spacial score (nSPS) is 10.3. The number of aryl methyl sites for hydroxylation is 1. The highest BCUT2D eigenvalue weighted by atomic mass is 19.1. The molecule has 0 saturated heterocycles. The number of hydrogen-bond donors (Lipinski definition) is 1. The van der Waals surface area contributed by atoms with E-state index in [0.29, 0.717) is 34.9 Å². The maximum atomic E-state index is 13.4. The summed E-state index contributed by atoms with van der Waals surface area (Å²) in [5.74, 6) is 0.531. The van der Waals surface area contributed by atoms with Crippen molar-refractivity contribution in [3.8, 4) is 11.5 Å². The van der Waals surface area contributed by atoms with E-state index >= 15 is 0 Å². The van der Waals surface area contributed by atoms with Crippen LogP contribution in [0.1, 0.15) is 35.7 Å². The highest BCUT2D eigenvalue weighted by Crippen LogP contribution is 2.30. The number of carbonyl (C=O) groups excluding carboxylic acids is 1. The maximum absolute atomic E-state index is 13.4. The van der Waals surface area contributed by atoms with Gasteiger partial charge in [-0.15, -0.1) is 0 Å². The molecule has 128 valence electrons. The highest BCUT2D eigenvalue weighted by molar-refractivity contribution is 6.05. The van der Waals surface area contributed by atoms with Crippen molar-refractivity contribution in [3.05, 3.63) is 53.3 Å². The van der Waals surface area contributed by atoms with Crippen LogP contribution in [-0.2, 0) is 0 Å². The minimum Gasteiger partial charge on any atom is -0.497 e. The first-order valence-electron chi connectivity index (χ1n) is 7.93. The molecule has 0 saturated carbocycles. The number of ether oxygens (including phenoxy) is 2. The number of anilines is 1. The summed E-state index contributed by atoms with van der Waals surface area (Å²) >= 11 is 0. The van der Waals surface area contributed by atoms with Gasteiger partial charge in [0.25, 0.3) is 5.91 Å². The Hall–Kier alpha value is -2.56. The van der Waals surface area contributed by atoms with Crippen LogP contribution in [0.2, 0.25) is 0 Å². The molecule has 0 fully saturated rings. The standard InChI is InChI=1S/C19H22FNO3/c1-4-5-10-24-18-9-7-15(23-3)12-17(18)21-19(22)14-6-8-16(20)13(2)11-14/h6-9,11-12H,4-5,10H2,1-3H3,(H,21,22). The molecule has 0 atom stereocenters. The van der Waals surface area contributed by atoms with Crippen LogP contribution in [0.25, 0.3) is 0 Å². The fourth-order valence-corrected chi connectivity index (χ4v) is 2.17. The van der Waals surface area contributed by atoms with E-state index in [1.807, 2.05) is 0 Å². The second-order valence-corrected chi connectivity index (χ2v) is 5.48. The fourth-order valence-electron chi connectivity index (χ4n) is 2.17. The van der Waals surface area contributed by atoms with Crippen LogP contribution in [0, 0.1) is 12.7 Å². The minimum absolute atomic E-state index is 0.327. The third-order valence-corrected chi connectivity index (χ3v) is 3.61. The topological polar surface area (TPSA) is 47.6 Å². The molecular formula is C19H22FNO3. The number of carbonyl (C=O) groups is 1. The van der Waals surface area contributed by atoms with Crippen molar-refractivity contribution in [1.29, 1.82) is 0 Å². The Labute approximate surface area is 141 Å². The Balaban J connectivity index is 2.22. The Morgan fingerprint density at radius 1 is 1.21 bits per heavy atom. The average molecular weight is 331 g/mol. The summed E-state index contributed by atoms with van der Waals surface area (Å²) in [4.78, 5) is 12.4. The van der Waals surface area contributed by atoms with Gasteiger partial charge in [-0.3, -0.25) is 4.79 Å². The first-order chi connectivity index (χ1) is 11.5. The average Bonchev–Trinajstić information content (AvgIpc) is 2.58. The second kappa shape index (κ2) is 8.34. The van der Waals surface area contributed by atoms with Gasteiger partial charge in [0, 0.05) is 11.6 Å². The molecule has 0 unspecified atom stereocenters. The zero-order chi connectivity index (χ0) is 17.5. The van der Waals surface area contributed by atoms with Crippen molar-refractivity contribution in [2.75, 3.05) is 19.0 Å². The van der Waals surface area contributed by atoms with E-state index in [-0.39, 0.29) is 11.7 Å². The quantitative estimate of drug-likeness (QED) is 0.756. The van der Waals surface area contributed by atoms with E-state index < -0.39 is 0 Å². The van der Waals surface area contributed by atoms with Gasteiger partial charge in [0.1, 0.15) is 17.3 Å². The van der Waals surface area contributed by atoms with Gasteiger partial charge in [-0.2, -0.15) is 0 Å². The molecule has 0 aliphatic heterocycles. The molecule has 0 aromatic heterocycles. The van der Waals surface area contributed by atoms with Crippen molar-refractivity contribution in [1.82, 2.24) is 0 Å². The lowest BCUT2D eigenvalue weighted by Gasteiger charge is -2.14. The van der Waals surface area contributed by atoms with Crippen LogP contribution >= 0.6 is 0 Å². The number of amides is 1. The lowest BCUT2D eigenvalue weighted by atomic mass is 10.1. The Kier molecular flexibility index (Phi) is 6.18. The SMILES string of the molecule is CCCCOc1ccc(OC)cc1NC(=O)c1ccc(F)c(C)c1. The molecule has 0 heterocycles. The van der Waals surface area contributed by atoms with Crippen LogP contribution in [0.5, 0.6) is 11.5 Å². The molecule has 0 spiro atoms. The van der Waals surface area contributed by atoms with E-state index in [0.717, 1.165) is 12.8 Å². The molecule has 2 aromatic carbocycles. The molecule has 4 nitrogen and oxygen atoms in total. The summed E-state index contributed by atoms with van der Waals surface area (Å²) < 4.78 is 24.3. The van der Waals surface area contributed by atoms with Crippen molar-refractivity contribution < 1.29 is 18.7 Å². The van der Waals surface area contributed by atoms with Gasteiger partial charge >= 0.3 is 0 Å². The van der Waals surface area contributed by atoms with Crippen LogP contribution in [0.4, 0.5) is 10.1 Å². The summed E-state index contributed by atoms with van der Waals surface area (Å²) in [6, 6.07) is 9.50. The molecular weight excluding hydrogens is 309 g/mol. The van der Waals surface area contributed by atoms with E-state index in [2.05, 4.69) is 12.2 Å². The zero-order valence-electron chi connectivity index (χ0n) is 14.2. The minimum atomic E-state index is -0.337. The van der Waals surface area contributed by atoms with E-state index in [1.165, 1.54) is 18.2 Å². The molecule has 0 aliphatic carbocycles. The van der Waals surface area contributed by atoms with Crippen molar-refractivity contribution >= 4 is 11.6 Å². The number of halogens is 1. The molecule has 24 heavy (non-hydrogen) atoms. The molecule has 2 aromatic rings. The Morgan fingerprint density at radius 2 is 2.00 bits per heavy atom. The van der Waals surface area contributed by atoms with Gasteiger partial charge in [-0.25, -0.2) is 4.39 Å². The molecule has 0 aliphatic rings. The van der Waals surface area contributed by atoms with E-state index in [9.17, 15) is 9.18 Å². The number of unbranched alkanes of at least 4 members (excludes halogenated alkanes) is 1. The van der Waals surface area contributed by atoms with Gasteiger partial charge in [-0.05, 0) is 49.2 Å². The van der Waals surface area contributed by atoms with Crippen molar-refractivity contribution in [2.24, 2.45) is 0 Å². The maximum Gasteiger partial charge on any atom is 0.255 e. The first-order valence-corrected chi connectivity index (χ1v) is 7.93. The van der Waals surface area contributed by atoms with Gasteiger partial charge in [0.2, 0.25) is 0 Å². The molecule has 2 rings (SSSR count). The summed E-state index contributed by atoms with van der Waals surface area (Å²) in [5.41, 5.74) is 1.33. The number of benzene rings is 2. The third-order valence-electron chi connectivity index (χ3n) is 3.61. The number of rotatable bonds is 7. The van der Waals surface area contributed by atoms with Gasteiger partial charge < -0.3 is 14.8 Å². The fraction of sp³-hybridized carbons (Fsp3) is 0.316. The predicted molar refractivity (Wildman–Crippen MR) is 92.5 cm³/mol. The summed E-state index contributed by atoms with van der Waals surface area (Å²) in [6.45, 7) is 4.27. The van der Waals surface area contributed by atoms with Crippen LogP contribution in [0.15, 0.2) is 36.4 Å². The van der Waals surface area contributed by atoms with E-state index in [1.54, 1.807) is 32.2 Å². The second-order valence-electron chi connectivity index (χ2n) is 5.48. The van der Waals surface area contributed by atoms with Gasteiger partial charge in [0.05, 0.1) is 19.4 Å². The van der Waals surface area contributed by atoms with Gasteiger partial charge in [0.15, 0.2) is 0 Å². The third kappa shape index (κ3) is 4.47. The molecule has 5 heteroatoms. The van der Waals surface area contributed by atoms with Gasteiger partial charge in [-0.1, -0.05) is 13.3 Å². The largest absolute Gasteiger partial charge is 0.497 e. The number of hydrogen-bond acceptors (Lipinski definition) is 3. The van der Waals surface area contributed by atoms with E-state index in [4.69, 9.17) is 9.47 Å². The number of nitrogens with one attached hydrogen (secondary N) is 1. The molecule has 0 bridgehead atoms. The van der Waals surface area contributed by atoms with Crippen LogP contribution in [0.3, 0.4) is 0 Å². The van der Waals surface area contributed by atoms with Crippen molar-refractivity contribution in [2.45, 2.75) is 26.7 Å². The zero-order valence-corrected chi connectivity index (χ0v) is 14.2. The first kappa shape index (κ1) is 17.8. The lowest BCUT2D eigenvalue weighted by molar-refractivity contribution is 0.102. The van der Waals surface area contributed by atoms with Crippen LogP contribution in [-0.4, -0.2) is 19.6 Å². The highest BCUT2D eigenvalue weighted by Gasteiger charge is 2.12. The van der Waals surface area contributed by atoms with Crippen LogP contribution < -0.4 is 14.8 Å². The smallest absolute Gasteiger partial charge is 0.255 e. The Morgan fingerprint density at radius 3 is 2.67 bits per heavy atom. The molecule has 1 amide bonds. The van der Waals surface area contributed by atoms with Crippen molar-refractivity contribution in [3.63, 3.8) is 0 Å². The molecule has 1 N–H and O–H groups in total. The lowest BCUT2D eigenvalue weighted by Crippen LogP contribution is -2.13. The monoisotopic (exact) mass is 331 g/mol. The predicted octanol–water partition coefficient (Wildman–Crippen LogP) is 4.57. The number of methoxy groups -OCH3 is 1. The summed E-state index contributed by atoms with van der Waals surface area (Å²) in [5, 5.41) is 2.81. The summed E-state index contributed by atoms with van der Waals surface area (Å²) in [6.07, 6.45) is 1.95. The Bertz CT molecular complexity index is 716. The molecule has 0 radical (unpaired) electrons.